The molecular weight excluding hydrogens is 514 g/mol. The highest BCUT2D eigenvalue weighted by Gasteiger charge is 2.36. The van der Waals surface area contributed by atoms with Crippen molar-refractivity contribution in [2.75, 3.05) is 30.9 Å². The Bertz CT molecular complexity index is 1360. The number of methoxy groups -OCH3 is 1. The maximum atomic E-state index is 14.0. The molecule has 0 radical (unpaired) electrons. The lowest BCUT2D eigenvalue weighted by molar-refractivity contribution is -0.143. The van der Waals surface area contributed by atoms with E-state index < -0.39 is 36.3 Å². The first-order valence-corrected chi connectivity index (χ1v) is 12.1. The highest BCUT2D eigenvalue weighted by Crippen LogP contribution is 2.36. The molecule has 0 aliphatic heterocycles. The summed E-state index contributed by atoms with van der Waals surface area (Å²) in [5, 5.41) is 12.6. The summed E-state index contributed by atoms with van der Waals surface area (Å²) in [5.74, 6) is -3.21. The Balaban J connectivity index is 2.20. The molecule has 0 aliphatic rings. The molecule has 0 bridgehead atoms. The van der Waals surface area contributed by atoms with Crippen LogP contribution in [0.3, 0.4) is 0 Å². The predicted molar refractivity (Wildman–Crippen MR) is 140 cm³/mol. The Morgan fingerprint density at radius 3 is 2.42 bits per heavy atom. The number of aryl methyl sites for hydroxylation is 1. The normalized spacial score (nSPS) is 11.3. The molecule has 1 unspecified atom stereocenters. The van der Waals surface area contributed by atoms with E-state index >= 15 is 0 Å². The molecule has 3 aromatic rings. The summed E-state index contributed by atoms with van der Waals surface area (Å²) in [5.41, 5.74) is 12.3. The molecule has 0 spiro atoms. The number of esters is 1. The van der Waals surface area contributed by atoms with Gasteiger partial charge < -0.3 is 31.4 Å². The highest BCUT2D eigenvalue weighted by atomic mass is 32.1. The van der Waals surface area contributed by atoms with Crippen molar-refractivity contribution in [3.8, 4) is 11.5 Å². The van der Waals surface area contributed by atoms with Crippen LogP contribution in [-0.2, 0) is 14.3 Å². The third-order valence-electron chi connectivity index (χ3n) is 5.42. The molecule has 200 valence electrons. The summed E-state index contributed by atoms with van der Waals surface area (Å²) in [6.07, 6.45) is 0. The van der Waals surface area contributed by atoms with E-state index in [1.165, 1.54) is 25.3 Å². The molecule has 0 saturated carbocycles. The van der Waals surface area contributed by atoms with Crippen LogP contribution in [0, 0.1) is 6.92 Å². The number of hydrogen-bond acceptors (Lipinski definition) is 10. The van der Waals surface area contributed by atoms with Crippen molar-refractivity contribution in [1.82, 2.24) is 9.69 Å². The van der Waals surface area contributed by atoms with E-state index in [9.17, 15) is 24.3 Å². The van der Waals surface area contributed by atoms with Gasteiger partial charge in [0, 0.05) is 5.69 Å². The largest absolute Gasteiger partial charge is 0.504 e. The van der Waals surface area contributed by atoms with Crippen LogP contribution < -0.4 is 26.4 Å². The first kappa shape index (κ1) is 27.9. The molecule has 0 aliphatic carbocycles. The number of hydrogen-bond donors (Lipinski definition) is 4. The standard InChI is InChI=1S/C25H27N5O7S/c1-4-37-18(32)12-28-24(34)21(14-7-10-16(31)17(11-14)36-3)30(15-8-5-13(2)6-9-15)25(35)22-19(26)20(23(27)33)29-38-22/h5-11,21,31H,4,12,26H2,1-3H3,(H2,27,33)(H,28,34). The first-order chi connectivity index (χ1) is 18.1. The van der Waals surface area contributed by atoms with Crippen LogP contribution in [0.4, 0.5) is 11.4 Å². The number of benzene rings is 2. The van der Waals surface area contributed by atoms with Gasteiger partial charge in [0.1, 0.15) is 17.5 Å². The lowest BCUT2D eigenvalue weighted by Gasteiger charge is -2.31. The Hall–Kier alpha value is -4.65. The highest BCUT2D eigenvalue weighted by molar-refractivity contribution is 7.09. The molecule has 3 amide bonds. The molecular formula is C25H27N5O7S. The number of carbonyl (C=O) groups excluding carboxylic acids is 4. The van der Waals surface area contributed by atoms with Crippen molar-refractivity contribution in [2.24, 2.45) is 5.73 Å². The number of nitrogen functional groups attached to an aromatic ring is 1. The Morgan fingerprint density at radius 2 is 1.84 bits per heavy atom. The van der Waals surface area contributed by atoms with Crippen molar-refractivity contribution in [1.29, 1.82) is 0 Å². The third-order valence-corrected chi connectivity index (χ3v) is 6.28. The summed E-state index contributed by atoms with van der Waals surface area (Å²) >= 11 is 0.660. The van der Waals surface area contributed by atoms with E-state index in [1.807, 2.05) is 6.92 Å². The molecule has 2 aromatic carbocycles. The monoisotopic (exact) mass is 541 g/mol. The zero-order chi connectivity index (χ0) is 28.0. The maximum absolute atomic E-state index is 14.0. The van der Waals surface area contributed by atoms with E-state index in [4.69, 9.17) is 20.9 Å². The average Bonchev–Trinajstić information content (AvgIpc) is 3.28. The number of phenolic OH excluding ortho intramolecular Hbond substituents is 1. The lowest BCUT2D eigenvalue weighted by atomic mass is 10.0. The number of nitrogens with zero attached hydrogens (tertiary/aromatic N) is 2. The third kappa shape index (κ3) is 6.00. The van der Waals surface area contributed by atoms with E-state index in [0.29, 0.717) is 17.2 Å². The van der Waals surface area contributed by atoms with Crippen molar-refractivity contribution in [3.63, 3.8) is 0 Å². The topological polar surface area (TPSA) is 187 Å². The lowest BCUT2D eigenvalue weighted by Crippen LogP contribution is -2.45. The number of aromatic hydroxyl groups is 1. The van der Waals surface area contributed by atoms with Gasteiger partial charge in [-0.05, 0) is 55.2 Å². The van der Waals surface area contributed by atoms with E-state index in [2.05, 4.69) is 9.69 Å². The first-order valence-electron chi connectivity index (χ1n) is 11.3. The van der Waals surface area contributed by atoms with Crippen molar-refractivity contribution < 1.29 is 33.8 Å². The summed E-state index contributed by atoms with van der Waals surface area (Å²) in [7, 11) is 1.33. The zero-order valence-electron chi connectivity index (χ0n) is 20.9. The van der Waals surface area contributed by atoms with Crippen LogP contribution in [0.2, 0.25) is 0 Å². The van der Waals surface area contributed by atoms with Gasteiger partial charge in [0.05, 0.1) is 19.4 Å². The number of carbonyl (C=O) groups is 4. The molecule has 1 heterocycles. The number of rotatable bonds is 10. The van der Waals surface area contributed by atoms with Gasteiger partial charge in [-0.3, -0.25) is 24.1 Å². The summed E-state index contributed by atoms with van der Waals surface area (Å²) in [4.78, 5) is 52.3. The van der Waals surface area contributed by atoms with Crippen LogP contribution in [-0.4, -0.2) is 53.4 Å². The molecule has 13 heteroatoms. The molecule has 1 aromatic heterocycles. The summed E-state index contributed by atoms with van der Waals surface area (Å²) in [6, 6.07) is 9.49. The van der Waals surface area contributed by atoms with E-state index in [1.54, 1.807) is 31.2 Å². The quantitative estimate of drug-likeness (QED) is 0.278. The van der Waals surface area contributed by atoms with Crippen LogP contribution >= 0.6 is 11.5 Å². The smallest absolute Gasteiger partial charge is 0.325 e. The number of primary amides is 1. The Labute approximate surface area is 222 Å². The van der Waals surface area contributed by atoms with Crippen molar-refractivity contribution in [3.05, 3.63) is 64.2 Å². The van der Waals surface area contributed by atoms with E-state index in [0.717, 1.165) is 10.5 Å². The number of amides is 3. The van der Waals surface area contributed by atoms with Gasteiger partial charge in [0.15, 0.2) is 17.2 Å². The average molecular weight is 542 g/mol. The zero-order valence-corrected chi connectivity index (χ0v) is 21.7. The summed E-state index contributed by atoms with van der Waals surface area (Å²) in [6.45, 7) is 3.14. The molecule has 0 saturated heterocycles. The minimum atomic E-state index is -1.38. The molecule has 3 rings (SSSR count). The Kier molecular flexibility index (Phi) is 8.86. The van der Waals surface area contributed by atoms with Gasteiger partial charge >= 0.3 is 5.97 Å². The summed E-state index contributed by atoms with van der Waals surface area (Å²) < 4.78 is 14.0. The molecule has 1 atom stereocenters. The second-order valence-electron chi connectivity index (χ2n) is 8.01. The van der Waals surface area contributed by atoms with Gasteiger partial charge in [0.25, 0.3) is 11.8 Å². The molecule has 12 nitrogen and oxygen atoms in total. The van der Waals surface area contributed by atoms with Crippen LogP contribution in [0.15, 0.2) is 42.5 Å². The van der Waals surface area contributed by atoms with Crippen molar-refractivity contribution in [2.45, 2.75) is 19.9 Å². The van der Waals surface area contributed by atoms with E-state index in [-0.39, 0.29) is 39.9 Å². The number of nitrogens with two attached hydrogens (primary N) is 2. The number of ether oxygens (including phenoxy) is 2. The predicted octanol–water partition coefficient (Wildman–Crippen LogP) is 1.91. The number of aromatic nitrogens is 1. The van der Waals surface area contributed by atoms with Crippen LogP contribution in [0.25, 0.3) is 0 Å². The molecule has 6 N–H and O–H groups in total. The minimum absolute atomic E-state index is 0.0512. The molecule has 38 heavy (non-hydrogen) atoms. The number of anilines is 2. The van der Waals surface area contributed by atoms with Crippen molar-refractivity contribution >= 4 is 46.6 Å². The second-order valence-corrected chi connectivity index (χ2v) is 8.78. The van der Waals surface area contributed by atoms with Gasteiger partial charge in [-0.2, -0.15) is 4.37 Å². The minimum Gasteiger partial charge on any atom is -0.504 e. The van der Waals surface area contributed by atoms with Crippen LogP contribution in [0.5, 0.6) is 11.5 Å². The van der Waals surface area contributed by atoms with Gasteiger partial charge in [-0.1, -0.05) is 23.8 Å². The second kappa shape index (κ2) is 12.1. The van der Waals surface area contributed by atoms with Gasteiger partial charge in [0.2, 0.25) is 5.91 Å². The maximum Gasteiger partial charge on any atom is 0.325 e. The number of nitrogens with one attached hydrogen (secondary N) is 1. The fourth-order valence-corrected chi connectivity index (χ4v) is 4.32. The fraction of sp³-hybridized carbons (Fsp3) is 0.240. The fourth-order valence-electron chi connectivity index (χ4n) is 3.58. The number of phenols is 1. The van der Waals surface area contributed by atoms with Gasteiger partial charge in [-0.25, -0.2) is 0 Å². The van der Waals surface area contributed by atoms with Crippen LogP contribution in [0.1, 0.15) is 44.3 Å². The van der Waals surface area contributed by atoms with Gasteiger partial charge in [-0.15, -0.1) is 0 Å². The Morgan fingerprint density at radius 1 is 1.16 bits per heavy atom. The molecule has 0 fully saturated rings. The SMILES string of the molecule is CCOC(=O)CNC(=O)C(c1ccc(O)c(OC)c1)N(C(=O)c1snc(C(N)=O)c1N)c1ccc(C)cc1.